The van der Waals surface area contributed by atoms with Gasteiger partial charge in [-0.1, -0.05) is 96.6 Å². The molecule has 1 N–H and O–H groups in total. The second-order valence-corrected chi connectivity index (χ2v) is 7.74. The first-order valence-electron chi connectivity index (χ1n) is 12.0. The van der Waals surface area contributed by atoms with E-state index in [1.165, 1.54) is 89.9 Å². The number of aliphatic carboxylic acids is 1. The summed E-state index contributed by atoms with van der Waals surface area (Å²) in [7, 11) is 0. The normalized spacial score (nSPS) is 10.6. The second-order valence-electron chi connectivity index (χ2n) is 7.74. The Labute approximate surface area is 175 Å². The van der Waals surface area contributed by atoms with Gasteiger partial charge in [-0.25, -0.2) is 0 Å². The van der Waals surface area contributed by atoms with E-state index in [0.29, 0.717) is 6.42 Å². The van der Waals surface area contributed by atoms with Crippen LogP contribution in [0.15, 0.2) is 12.2 Å². The summed E-state index contributed by atoms with van der Waals surface area (Å²) < 4.78 is 0. The quantitative estimate of drug-likeness (QED) is 0.128. The summed E-state index contributed by atoms with van der Waals surface area (Å²) in [5.41, 5.74) is 0. The first-order chi connectivity index (χ1) is 13.7. The molecule has 0 spiro atoms. The van der Waals surface area contributed by atoms with E-state index >= 15 is 0 Å². The van der Waals surface area contributed by atoms with E-state index < -0.39 is 5.97 Å². The highest BCUT2D eigenvalue weighted by Gasteiger charge is 1.95. The number of carbonyl (C=O) groups is 2. The van der Waals surface area contributed by atoms with Gasteiger partial charge in [0.25, 0.3) is 0 Å². The van der Waals surface area contributed by atoms with Crippen molar-refractivity contribution in [2.45, 2.75) is 136 Å². The van der Waals surface area contributed by atoms with Gasteiger partial charge in [-0.15, -0.1) is 0 Å². The van der Waals surface area contributed by atoms with Crippen LogP contribution in [0.3, 0.4) is 0 Å². The topological polar surface area (TPSA) is 54.4 Å². The Bertz CT molecular complexity index is 337. The summed E-state index contributed by atoms with van der Waals surface area (Å²) in [6, 6.07) is 0. The molecule has 0 aliphatic carbocycles. The van der Waals surface area contributed by atoms with Crippen molar-refractivity contribution in [1.82, 2.24) is 0 Å². The Morgan fingerprint density at radius 3 is 1.46 bits per heavy atom. The van der Waals surface area contributed by atoms with Gasteiger partial charge in [0.05, 0.1) is 0 Å². The number of allylic oxidation sites excluding steroid dienone is 2. The molecular weight excluding hydrogens is 348 g/mol. The molecule has 0 saturated heterocycles. The van der Waals surface area contributed by atoms with E-state index in [1.807, 2.05) is 0 Å². The minimum atomic E-state index is -0.666. The van der Waals surface area contributed by atoms with Gasteiger partial charge in [-0.2, -0.15) is 0 Å². The Kier molecular flexibility index (Phi) is 29.2. The monoisotopic (exact) mass is 396 g/mol. The van der Waals surface area contributed by atoms with Crippen molar-refractivity contribution in [3.8, 4) is 0 Å². The lowest BCUT2D eigenvalue weighted by Crippen LogP contribution is -1.93. The van der Waals surface area contributed by atoms with Gasteiger partial charge in [0.15, 0.2) is 0 Å². The molecule has 0 unspecified atom stereocenters. The maximum atomic E-state index is 10.3. The van der Waals surface area contributed by atoms with Crippen LogP contribution in [0, 0.1) is 0 Å². The van der Waals surface area contributed by atoms with Crippen LogP contribution in [0.2, 0.25) is 0 Å². The highest BCUT2D eigenvalue weighted by atomic mass is 16.4. The Morgan fingerprint density at radius 2 is 1.00 bits per heavy atom. The smallest absolute Gasteiger partial charge is 0.303 e. The molecule has 0 heterocycles. The molecule has 0 aromatic carbocycles. The van der Waals surface area contributed by atoms with Crippen molar-refractivity contribution in [3.63, 3.8) is 0 Å². The maximum Gasteiger partial charge on any atom is 0.303 e. The van der Waals surface area contributed by atoms with Crippen molar-refractivity contribution in [2.75, 3.05) is 0 Å². The molecule has 0 aliphatic heterocycles. The number of unbranched alkanes of at least 4 members (excludes halogenated alkanes) is 15. The fraction of sp³-hybridized carbons (Fsp3) is 0.840. The van der Waals surface area contributed by atoms with E-state index in [4.69, 9.17) is 5.11 Å². The first-order valence-corrected chi connectivity index (χ1v) is 12.0. The summed E-state index contributed by atoms with van der Waals surface area (Å²) in [5, 5.41) is 8.48. The van der Waals surface area contributed by atoms with Gasteiger partial charge in [-0.05, 0) is 38.5 Å². The Morgan fingerprint density at radius 1 is 0.607 bits per heavy atom. The van der Waals surface area contributed by atoms with E-state index in [2.05, 4.69) is 26.0 Å². The number of hydrogen-bond acceptors (Lipinski definition) is 2. The average molecular weight is 397 g/mol. The van der Waals surface area contributed by atoms with Crippen LogP contribution in [-0.2, 0) is 9.59 Å². The molecule has 166 valence electrons. The van der Waals surface area contributed by atoms with Gasteiger partial charge < -0.3 is 9.90 Å². The zero-order valence-electron chi connectivity index (χ0n) is 18.9. The molecule has 3 heteroatoms. The zero-order valence-corrected chi connectivity index (χ0v) is 18.9. The minimum absolute atomic E-state index is 0.331. The molecule has 0 saturated carbocycles. The largest absolute Gasteiger partial charge is 0.481 e. The number of carbonyl (C=O) groups excluding carboxylic acids is 1. The maximum absolute atomic E-state index is 10.3. The molecule has 0 bridgehead atoms. The zero-order chi connectivity index (χ0) is 21.1. The van der Waals surface area contributed by atoms with Gasteiger partial charge in [0, 0.05) is 12.8 Å². The molecule has 0 aromatic heterocycles. The van der Waals surface area contributed by atoms with Gasteiger partial charge in [-0.3, -0.25) is 4.79 Å². The van der Waals surface area contributed by atoms with Crippen molar-refractivity contribution in [3.05, 3.63) is 12.2 Å². The predicted molar refractivity (Wildman–Crippen MR) is 122 cm³/mol. The average Bonchev–Trinajstić information content (AvgIpc) is 2.68. The fourth-order valence-corrected chi connectivity index (χ4v) is 3.00. The number of aldehydes is 1. The Hall–Kier alpha value is -1.12. The number of carboxylic acids is 1. The van der Waals surface area contributed by atoms with Gasteiger partial charge >= 0.3 is 5.97 Å². The molecule has 0 fully saturated rings. The highest BCUT2D eigenvalue weighted by molar-refractivity contribution is 5.66. The molecule has 0 amide bonds. The predicted octanol–water partition coefficient (Wildman–Crippen LogP) is 8.26. The van der Waals surface area contributed by atoms with Crippen molar-refractivity contribution < 1.29 is 14.7 Å². The standard InChI is InChI=1S/C16H30O2.C9H18O/c1-2-3-4-5-6-7-8-9-10-11-12-13-14-15-16(17)18;1-2-3-4-5-6-7-8-9-10/h7-8H,2-6,9-15H2,1H3,(H,17,18);9H,2-8H2,1H3/b8-7-;. The molecule has 28 heavy (non-hydrogen) atoms. The number of hydrogen-bond donors (Lipinski definition) is 1. The van der Waals surface area contributed by atoms with Crippen molar-refractivity contribution in [2.24, 2.45) is 0 Å². The van der Waals surface area contributed by atoms with Crippen LogP contribution < -0.4 is 0 Å². The summed E-state index contributed by atoms with van der Waals surface area (Å²) in [6.07, 6.45) is 27.7. The molecule has 0 aliphatic rings. The molecule has 0 aromatic rings. The van der Waals surface area contributed by atoms with Crippen molar-refractivity contribution >= 4 is 12.3 Å². The van der Waals surface area contributed by atoms with Crippen LogP contribution in [0.5, 0.6) is 0 Å². The fourth-order valence-electron chi connectivity index (χ4n) is 3.00. The molecule has 0 atom stereocenters. The number of rotatable bonds is 20. The summed E-state index contributed by atoms with van der Waals surface area (Å²) in [4.78, 5) is 20.2. The van der Waals surface area contributed by atoms with Crippen LogP contribution in [0.25, 0.3) is 0 Å². The lowest BCUT2D eigenvalue weighted by molar-refractivity contribution is -0.137. The SMILES string of the molecule is CCCCCC/C=C\CCCCCCCC(=O)O.CCCCCCCCC=O. The third-order valence-electron chi connectivity index (χ3n) is 4.83. The third-order valence-corrected chi connectivity index (χ3v) is 4.83. The second kappa shape index (κ2) is 28.1. The van der Waals surface area contributed by atoms with Crippen LogP contribution in [-0.4, -0.2) is 17.4 Å². The van der Waals surface area contributed by atoms with Gasteiger partial charge in [0.1, 0.15) is 6.29 Å². The van der Waals surface area contributed by atoms with E-state index in [0.717, 1.165) is 32.0 Å². The number of carboxylic acid groups (broad SMARTS) is 1. The summed E-state index contributed by atoms with van der Waals surface area (Å²) in [6.45, 7) is 4.46. The third kappa shape index (κ3) is 32.5. The highest BCUT2D eigenvalue weighted by Crippen LogP contribution is 2.09. The Balaban J connectivity index is 0. The minimum Gasteiger partial charge on any atom is -0.481 e. The summed E-state index contributed by atoms with van der Waals surface area (Å²) >= 11 is 0. The van der Waals surface area contributed by atoms with Gasteiger partial charge in [0.2, 0.25) is 0 Å². The van der Waals surface area contributed by atoms with Crippen LogP contribution in [0.1, 0.15) is 136 Å². The first kappa shape index (κ1) is 29.1. The van der Waals surface area contributed by atoms with E-state index in [1.54, 1.807) is 0 Å². The van der Waals surface area contributed by atoms with E-state index in [-0.39, 0.29) is 0 Å². The lowest BCUT2D eigenvalue weighted by atomic mass is 10.1. The lowest BCUT2D eigenvalue weighted by Gasteiger charge is -1.98. The molecule has 0 rings (SSSR count). The van der Waals surface area contributed by atoms with E-state index in [9.17, 15) is 9.59 Å². The van der Waals surface area contributed by atoms with Crippen LogP contribution >= 0.6 is 0 Å². The molecular formula is C25H48O3. The summed E-state index contributed by atoms with van der Waals surface area (Å²) in [5.74, 6) is -0.666. The molecule has 3 nitrogen and oxygen atoms in total. The van der Waals surface area contributed by atoms with Crippen molar-refractivity contribution in [1.29, 1.82) is 0 Å². The van der Waals surface area contributed by atoms with Crippen LogP contribution in [0.4, 0.5) is 0 Å². The molecule has 0 radical (unpaired) electrons.